The summed E-state index contributed by atoms with van der Waals surface area (Å²) in [6.07, 6.45) is 64.9. The van der Waals surface area contributed by atoms with E-state index >= 15 is 0 Å². The minimum absolute atomic E-state index is 0.128. The molecule has 0 aliphatic carbocycles. The zero-order valence-electron chi connectivity index (χ0n) is 42.5. The molecule has 2 atom stereocenters. The quantitative estimate of drug-likeness (QED) is 0.0195. The zero-order valence-corrected chi connectivity index (χ0v) is 42.5. The van der Waals surface area contributed by atoms with Crippen LogP contribution in [-0.4, -0.2) is 82.3 Å². The van der Waals surface area contributed by atoms with Gasteiger partial charge in [-0.15, -0.1) is 0 Å². The van der Waals surface area contributed by atoms with Gasteiger partial charge in [0.25, 0.3) is 0 Å². The lowest BCUT2D eigenvalue weighted by atomic mass is 10.1. The molecular formula is C58H91NO8. The van der Waals surface area contributed by atoms with E-state index in [0.29, 0.717) is 23.9 Å². The lowest BCUT2D eigenvalue weighted by molar-refractivity contribution is -0.870. The Bertz CT molecular complexity index is 1550. The van der Waals surface area contributed by atoms with Gasteiger partial charge in [-0.3, -0.25) is 9.59 Å². The first kappa shape index (κ1) is 62.4. The third-order valence-electron chi connectivity index (χ3n) is 9.89. The van der Waals surface area contributed by atoms with Gasteiger partial charge in [0.2, 0.25) is 0 Å². The summed E-state index contributed by atoms with van der Waals surface area (Å²) < 4.78 is 22.5. The summed E-state index contributed by atoms with van der Waals surface area (Å²) in [6.45, 7) is 4.41. The molecule has 0 aromatic rings. The average molecular weight is 930 g/mol. The standard InChI is InChI=1S/C58H91NO8/c1-6-8-10-12-14-16-18-20-22-24-25-26-27-28-29-30-31-33-35-37-39-41-43-45-47-49-56(61)67-54(53-66-58(57(62)63)64-51-50-59(3,4)5)52-65-55(60)48-46-44-42-40-38-36-34-32-23-21-19-17-15-13-11-9-7-2/h8-11,14-17,20-23,25-26,28-29,31,33-34,36-37,39,54,58H,6-7,12-13,18-19,24,27,30,32,35,38,40-53H2,1-5H3/b10-8-,11-9-,16-14-,17-15-,22-20-,23-21-,26-25-,29-28-,33-31-,36-34-,39-37-. The zero-order chi connectivity index (χ0) is 49.2. The van der Waals surface area contributed by atoms with E-state index in [1.807, 2.05) is 21.1 Å². The SMILES string of the molecule is CC/C=C\C/C=C\C/C=C\C/C=C\C/C=C\C/C=C\C/C=C\CCCCCC(=O)OC(COC(=O)CCCCCC/C=C\C/C=C\C/C=C\C/C=C\CC)COC(OCC[N+](C)(C)C)C(=O)[O-]. The first-order valence-corrected chi connectivity index (χ1v) is 25.3. The van der Waals surface area contributed by atoms with Gasteiger partial charge in [0, 0.05) is 12.8 Å². The van der Waals surface area contributed by atoms with Crippen LogP contribution in [0.15, 0.2) is 134 Å². The van der Waals surface area contributed by atoms with Crippen LogP contribution in [0.3, 0.4) is 0 Å². The smallest absolute Gasteiger partial charge is 0.306 e. The summed E-state index contributed by atoms with van der Waals surface area (Å²) in [4.78, 5) is 37.1. The molecule has 0 rings (SSSR count). The topological polar surface area (TPSA) is 111 Å². The van der Waals surface area contributed by atoms with Crippen LogP contribution >= 0.6 is 0 Å². The number of hydrogen-bond donors (Lipinski definition) is 0. The third-order valence-corrected chi connectivity index (χ3v) is 9.89. The number of carboxylic acid groups (broad SMARTS) is 1. The van der Waals surface area contributed by atoms with Crippen molar-refractivity contribution in [2.45, 2.75) is 167 Å². The molecule has 0 aliphatic heterocycles. The predicted molar refractivity (Wildman–Crippen MR) is 278 cm³/mol. The number of aliphatic carboxylic acids is 1. The molecule has 0 bridgehead atoms. The summed E-state index contributed by atoms with van der Waals surface area (Å²) in [7, 11) is 5.88. The molecule has 9 heteroatoms. The van der Waals surface area contributed by atoms with E-state index in [1.165, 1.54) is 0 Å². The van der Waals surface area contributed by atoms with Gasteiger partial charge in [-0.05, 0) is 109 Å². The van der Waals surface area contributed by atoms with Gasteiger partial charge in [0.05, 0.1) is 40.3 Å². The van der Waals surface area contributed by atoms with Crippen LogP contribution < -0.4 is 5.11 Å². The Hall–Kier alpha value is -4.57. The van der Waals surface area contributed by atoms with Crippen molar-refractivity contribution >= 4 is 17.9 Å². The Morgan fingerprint density at radius 1 is 0.448 bits per heavy atom. The molecule has 0 heterocycles. The van der Waals surface area contributed by atoms with Crippen molar-refractivity contribution in [2.24, 2.45) is 0 Å². The number of rotatable bonds is 44. The maximum atomic E-state index is 12.8. The van der Waals surface area contributed by atoms with E-state index in [2.05, 4.69) is 148 Å². The fourth-order valence-electron chi connectivity index (χ4n) is 6.03. The van der Waals surface area contributed by atoms with Gasteiger partial charge < -0.3 is 33.3 Å². The first-order chi connectivity index (χ1) is 32.6. The lowest BCUT2D eigenvalue weighted by Gasteiger charge is -2.26. The van der Waals surface area contributed by atoms with E-state index in [1.54, 1.807) is 0 Å². The molecule has 67 heavy (non-hydrogen) atoms. The second-order valence-electron chi connectivity index (χ2n) is 17.3. The highest BCUT2D eigenvalue weighted by atomic mass is 16.7. The molecule has 376 valence electrons. The van der Waals surface area contributed by atoms with Crippen LogP contribution in [0.5, 0.6) is 0 Å². The molecule has 0 aromatic heterocycles. The van der Waals surface area contributed by atoms with Crippen molar-refractivity contribution in [3.63, 3.8) is 0 Å². The van der Waals surface area contributed by atoms with Gasteiger partial charge >= 0.3 is 11.9 Å². The van der Waals surface area contributed by atoms with E-state index in [0.717, 1.165) is 116 Å². The van der Waals surface area contributed by atoms with Gasteiger partial charge in [0.15, 0.2) is 12.4 Å². The minimum atomic E-state index is -1.65. The Labute approximate surface area is 408 Å². The van der Waals surface area contributed by atoms with E-state index in [4.69, 9.17) is 18.9 Å². The number of carbonyl (C=O) groups is 3. The highest BCUT2D eigenvalue weighted by Crippen LogP contribution is 2.11. The Kier molecular flexibility index (Phi) is 44.6. The second kappa shape index (κ2) is 47.9. The van der Waals surface area contributed by atoms with Crippen LogP contribution in [0.25, 0.3) is 0 Å². The average Bonchev–Trinajstić information content (AvgIpc) is 3.29. The molecule has 0 saturated carbocycles. The number of ether oxygens (including phenoxy) is 4. The Morgan fingerprint density at radius 2 is 0.806 bits per heavy atom. The van der Waals surface area contributed by atoms with Gasteiger partial charge in [0.1, 0.15) is 13.2 Å². The summed E-state index contributed by atoms with van der Waals surface area (Å²) in [5, 5.41) is 11.7. The van der Waals surface area contributed by atoms with Crippen molar-refractivity contribution < 1.29 is 42.9 Å². The van der Waals surface area contributed by atoms with Gasteiger partial charge in [-0.1, -0.05) is 167 Å². The predicted octanol–water partition coefficient (Wildman–Crippen LogP) is 13.0. The molecule has 9 nitrogen and oxygen atoms in total. The molecule has 0 spiro atoms. The Morgan fingerprint density at radius 3 is 1.19 bits per heavy atom. The second-order valence-corrected chi connectivity index (χ2v) is 17.3. The molecule has 0 fully saturated rings. The molecular weight excluding hydrogens is 839 g/mol. The number of quaternary nitrogens is 1. The van der Waals surface area contributed by atoms with E-state index in [-0.39, 0.29) is 32.7 Å². The van der Waals surface area contributed by atoms with Crippen molar-refractivity contribution in [1.29, 1.82) is 0 Å². The number of carbonyl (C=O) groups excluding carboxylic acids is 3. The fourth-order valence-corrected chi connectivity index (χ4v) is 6.03. The molecule has 2 unspecified atom stereocenters. The first-order valence-electron chi connectivity index (χ1n) is 25.3. The number of esters is 2. The summed E-state index contributed by atoms with van der Waals surface area (Å²) in [5.41, 5.74) is 0. The highest BCUT2D eigenvalue weighted by molar-refractivity contribution is 5.70. The van der Waals surface area contributed by atoms with Gasteiger partial charge in [-0.2, -0.15) is 0 Å². The number of hydrogen-bond acceptors (Lipinski definition) is 8. The van der Waals surface area contributed by atoms with Gasteiger partial charge in [-0.25, -0.2) is 0 Å². The van der Waals surface area contributed by atoms with Crippen LogP contribution in [0, 0.1) is 0 Å². The number of nitrogens with zero attached hydrogens (tertiary/aromatic N) is 1. The molecule has 0 N–H and O–H groups in total. The van der Waals surface area contributed by atoms with Crippen LogP contribution in [0.1, 0.15) is 155 Å². The van der Waals surface area contributed by atoms with Crippen molar-refractivity contribution in [3.8, 4) is 0 Å². The van der Waals surface area contributed by atoms with Crippen molar-refractivity contribution in [2.75, 3.05) is 47.5 Å². The number of allylic oxidation sites excluding steroid dienone is 22. The lowest BCUT2D eigenvalue weighted by Crippen LogP contribution is -2.44. The number of carboxylic acids is 1. The maximum absolute atomic E-state index is 12.8. The van der Waals surface area contributed by atoms with E-state index < -0.39 is 30.3 Å². The van der Waals surface area contributed by atoms with Crippen LogP contribution in [0.2, 0.25) is 0 Å². The molecule has 0 aliphatic rings. The largest absolute Gasteiger partial charge is 0.545 e. The summed E-state index contributed by atoms with van der Waals surface area (Å²) >= 11 is 0. The summed E-state index contributed by atoms with van der Waals surface area (Å²) in [5.74, 6) is -2.39. The molecule has 0 amide bonds. The molecule has 0 saturated heterocycles. The van der Waals surface area contributed by atoms with Crippen LogP contribution in [0.4, 0.5) is 0 Å². The third kappa shape index (κ3) is 49.2. The normalized spacial score (nSPS) is 14.0. The maximum Gasteiger partial charge on any atom is 0.306 e. The Balaban J connectivity index is 4.50. The summed E-state index contributed by atoms with van der Waals surface area (Å²) in [6, 6.07) is 0. The minimum Gasteiger partial charge on any atom is -0.545 e. The fraction of sp³-hybridized carbons (Fsp3) is 0.569. The highest BCUT2D eigenvalue weighted by Gasteiger charge is 2.21. The monoisotopic (exact) mass is 930 g/mol. The molecule has 0 aromatic carbocycles. The van der Waals surface area contributed by atoms with Crippen LogP contribution in [-0.2, 0) is 33.3 Å². The molecule has 0 radical (unpaired) electrons. The number of unbranched alkanes of at least 4 members (excludes halogenated alkanes) is 7. The number of likely N-dealkylation sites (N-methyl/N-ethyl adjacent to an activating group) is 1. The van der Waals surface area contributed by atoms with Crippen molar-refractivity contribution in [1.82, 2.24) is 0 Å². The van der Waals surface area contributed by atoms with Crippen molar-refractivity contribution in [3.05, 3.63) is 134 Å². The van der Waals surface area contributed by atoms with E-state index in [9.17, 15) is 19.5 Å².